The standard InChI is InChI=1S/C10H18O/c1-9(11)7-5-6-8-10(2,3)4/h5,7H,6,8H2,1-4H3. The maximum Gasteiger partial charge on any atom is 0.152 e. The van der Waals surface area contributed by atoms with Gasteiger partial charge in [-0.2, -0.15) is 0 Å². The average Bonchev–Trinajstić information content (AvgIpc) is 1.78. The first-order valence-corrected chi connectivity index (χ1v) is 4.09. The Morgan fingerprint density at radius 2 is 1.91 bits per heavy atom. The number of ketones is 1. The van der Waals surface area contributed by atoms with E-state index in [2.05, 4.69) is 20.8 Å². The van der Waals surface area contributed by atoms with E-state index in [1.54, 1.807) is 13.0 Å². The second kappa shape index (κ2) is 4.32. The lowest BCUT2D eigenvalue weighted by Gasteiger charge is -2.15. The molecule has 0 aromatic heterocycles. The highest BCUT2D eigenvalue weighted by Crippen LogP contribution is 2.20. The van der Waals surface area contributed by atoms with Crippen molar-refractivity contribution in [1.82, 2.24) is 0 Å². The van der Waals surface area contributed by atoms with Gasteiger partial charge >= 0.3 is 0 Å². The van der Waals surface area contributed by atoms with Crippen molar-refractivity contribution in [1.29, 1.82) is 0 Å². The summed E-state index contributed by atoms with van der Waals surface area (Å²) in [5, 5.41) is 0. The molecule has 0 aromatic carbocycles. The second-order valence-corrected chi connectivity index (χ2v) is 4.11. The molecule has 0 fully saturated rings. The lowest BCUT2D eigenvalue weighted by Crippen LogP contribution is -2.03. The van der Waals surface area contributed by atoms with Crippen molar-refractivity contribution < 1.29 is 4.79 Å². The van der Waals surface area contributed by atoms with Gasteiger partial charge in [0.25, 0.3) is 0 Å². The van der Waals surface area contributed by atoms with Crippen molar-refractivity contribution >= 4 is 5.78 Å². The number of allylic oxidation sites excluding steroid dienone is 2. The molecule has 0 heterocycles. The van der Waals surface area contributed by atoms with Crippen molar-refractivity contribution in [2.75, 3.05) is 0 Å². The zero-order chi connectivity index (χ0) is 8.91. The number of hydrogen-bond donors (Lipinski definition) is 0. The number of hydrogen-bond acceptors (Lipinski definition) is 1. The Labute approximate surface area is 69.5 Å². The Morgan fingerprint density at radius 1 is 1.36 bits per heavy atom. The van der Waals surface area contributed by atoms with E-state index in [9.17, 15) is 4.79 Å². The zero-order valence-corrected chi connectivity index (χ0v) is 7.98. The van der Waals surface area contributed by atoms with Crippen molar-refractivity contribution in [3.63, 3.8) is 0 Å². The van der Waals surface area contributed by atoms with Gasteiger partial charge in [-0.1, -0.05) is 26.8 Å². The summed E-state index contributed by atoms with van der Waals surface area (Å²) in [6.45, 7) is 8.19. The van der Waals surface area contributed by atoms with E-state index >= 15 is 0 Å². The predicted octanol–water partition coefficient (Wildman–Crippen LogP) is 2.96. The molecule has 0 rings (SSSR count). The van der Waals surface area contributed by atoms with Crippen molar-refractivity contribution in [3.05, 3.63) is 12.2 Å². The average molecular weight is 154 g/mol. The molecule has 1 heteroatoms. The fraction of sp³-hybridized carbons (Fsp3) is 0.700. The summed E-state index contributed by atoms with van der Waals surface area (Å²) in [5.41, 5.74) is 0.376. The van der Waals surface area contributed by atoms with Crippen LogP contribution in [-0.2, 0) is 4.79 Å². The minimum absolute atomic E-state index is 0.138. The van der Waals surface area contributed by atoms with Gasteiger partial charge in [-0.15, -0.1) is 0 Å². The first kappa shape index (κ1) is 10.4. The van der Waals surface area contributed by atoms with Crippen LogP contribution in [0.15, 0.2) is 12.2 Å². The van der Waals surface area contributed by atoms with E-state index in [4.69, 9.17) is 0 Å². The van der Waals surface area contributed by atoms with Gasteiger partial charge in [0.1, 0.15) is 0 Å². The van der Waals surface area contributed by atoms with Gasteiger partial charge in [0, 0.05) is 0 Å². The third-order valence-electron chi connectivity index (χ3n) is 1.41. The molecule has 11 heavy (non-hydrogen) atoms. The topological polar surface area (TPSA) is 17.1 Å². The lowest BCUT2D eigenvalue weighted by molar-refractivity contribution is -0.112. The van der Waals surface area contributed by atoms with Gasteiger partial charge in [0.15, 0.2) is 5.78 Å². The van der Waals surface area contributed by atoms with Crippen LogP contribution in [-0.4, -0.2) is 5.78 Å². The number of carbonyl (C=O) groups is 1. The Bertz CT molecular complexity index is 149. The van der Waals surface area contributed by atoms with Crippen LogP contribution in [0, 0.1) is 5.41 Å². The van der Waals surface area contributed by atoms with E-state index in [0.29, 0.717) is 5.41 Å². The summed E-state index contributed by atoms with van der Waals surface area (Å²) in [4.78, 5) is 10.5. The molecule has 0 aliphatic rings. The minimum Gasteiger partial charge on any atom is -0.295 e. The third-order valence-corrected chi connectivity index (χ3v) is 1.41. The Morgan fingerprint density at radius 3 is 2.27 bits per heavy atom. The molecule has 0 bridgehead atoms. The molecule has 0 aliphatic carbocycles. The molecule has 0 aliphatic heterocycles. The molecule has 0 unspecified atom stereocenters. The van der Waals surface area contributed by atoms with Gasteiger partial charge < -0.3 is 0 Å². The largest absolute Gasteiger partial charge is 0.295 e. The highest BCUT2D eigenvalue weighted by Gasteiger charge is 2.07. The monoisotopic (exact) mass is 154 g/mol. The zero-order valence-electron chi connectivity index (χ0n) is 7.98. The summed E-state index contributed by atoms with van der Waals surface area (Å²) in [6, 6.07) is 0. The van der Waals surface area contributed by atoms with E-state index in [1.165, 1.54) is 0 Å². The molecule has 0 aromatic rings. The van der Waals surface area contributed by atoms with Crippen LogP contribution in [0.4, 0.5) is 0 Å². The molecule has 0 spiro atoms. The SMILES string of the molecule is CC(=O)C=CCCC(C)(C)C. The normalized spacial score (nSPS) is 12.4. The first-order chi connectivity index (χ1) is 4.92. The summed E-state index contributed by atoms with van der Waals surface area (Å²) < 4.78 is 0. The molecule has 1 nitrogen and oxygen atoms in total. The number of rotatable bonds is 3. The van der Waals surface area contributed by atoms with Crippen LogP contribution >= 0.6 is 0 Å². The summed E-state index contributed by atoms with van der Waals surface area (Å²) in [7, 11) is 0. The van der Waals surface area contributed by atoms with Crippen LogP contribution < -0.4 is 0 Å². The van der Waals surface area contributed by atoms with Crippen LogP contribution in [0.2, 0.25) is 0 Å². The van der Waals surface area contributed by atoms with E-state index < -0.39 is 0 Å². The van der Waals surface area contributed by atoms with Gasteiger partial charge in [0.2, 0.25) is 0 Å². The third kappa shape index (κ3) is 9.41. The molecule has 0 radical (unpaired) electrons. The predicted molar refractivity (Wildman–Crippen MR) is 48.5 cm³/mol. The van der Waals surface area contributed by atoms with Crippen molar-refractivity contribution in [2.24, 2.45) is 5.41 Å². The van der Waals surface area contributed by atoms with Gasteiger partial charge in [-0.3, -0.25) is 4.79 Å². The van der Waals surface area contributed by atoms with Crippen molar-refractivity contribution in [2.45, 2.75) is 40.5 Å². The summed E-state index contributed by atoms with van der Waals surface area (Å²) >= 11 is 0. The Kier molecular flexibility index (Phi) is 4.09. The van der Waals surface area contributed by atoms with Crippen LogP contribution in [0.25, 0.3) is 0 Å². The second-order valence-electron chi connectivity index (χ2n) is 4.11. The molecule has 64 valence electrons. The van der Waals surface area contributed by atoms with E-state index in [1.807, 2.05) is 6.08 Å². The molecule has 0 amide bonds. The quantitative estimate of drug-likeness (QED) is 0.571. The fourth-order valence-electron chi connectivity index (χ4n) is 0.766. The minimum atomic E-state index is 0.138. The molecule has 0 atom stereocenters. The fourth-order valence-corrected chi connectivity index (χ4v) is 0.766. The molecule has 0 saturated heterocycles. The van der Waals surface area contributed by atoms with E-state index in [-0.39, 0.29) is 5.78 Å². The molecule has 0 saturated carbocycles. The highest BCUT2D eigenvalue weighted by atomic mass is 16.1. The Balaban J connectivity index is 3.50. The van der Waals surface area contributed by atoms with Crippen LogP contribution in [0.1, 0.15) is 40.5 Å². The molecular weight excluding hydrogens is 136 g/mol. The smallest absolute Gasteiger partial charge is 0.152 e. The van der Waals surface area contributed by atoms with E-state index in [0.717, 1.165) is 12.8 Å². The van der Waals surface area contributed by atoms with Gasteiger partial charge in [-0.05, 0) is 31.3 Å². The lowest BCUT2D eigenvalue weighted by atomic mass is 9.90. The van der Waals surface area contributed by atoms with Gasteiger partial charge in [0.05, 0.1) is 0 Å². The van der Waals surface area contributed by atoms with Crippen LogP contribution in [0.5, 0.6) is 0 Å². The van der Waals surface area contributed by atoms with Crippen LogP contribution in [0.3, 0.4) is 0 Å². The first-order valence-electron chi connectivity index (χ1n) is 4.09. The Hall–Kier alpha value is -0.590. The molecule has 0 N–H and O–H groups in total. The molecular formula is C10H18O. The summed E-state index contributed by atoms with van der Waals surface area (Å²) in [6.07, 6.45) is 5.74. The number of carbonyl (C=O) groups excluding carboxylic acids is 1. The highest BCUT2D eigenvalue weighted by molar-refractivity contribution is 5.87. The van der Waals surface area contributed by atoms with Gasteiger partial charge in [-0.25, -0.2) is 0 Å². The van der Waals surface area contributed by atoms with Crippen molar-refractivity contribution in [3.8, 4) is 0 Å². The summed E-state index contributed by atoms with van der Waals surface area (Å²) in [5.74, 6) is 0.138. The maximum absolute atomic E-state index is 10.5. The maximum atomic E-state index is 10.5.